The Morgan fingerprint density at radius 2 is 1.68 bits per heavy atom. The zero-order valence-corrected chi connectivity index (χ0v) is 12.3. The number of carbonyl (C=O) groups is 1. The van der Waals surface area contributed by atoms with E-state index in [9.17, 15) is 13.6 Å². The van der Waals surface area contributed by atoms with Crippen LogP contribution < -0.4 is 10.6 Å². The van der Waals surface area contributed by atoms with Crippen molar-refractivity contribution in [3.63, 3.8) is 0 Å². The van der Waals surface area contributed by atoms with Gasteiger partial charge in [0, 0.05) is 24.3 Å². The Bertz CT molecular complexity index is 642. The second-order valence-corrected chi connectivity index (χ2v) is 4.90. The molecule has 1 amide bonds. The van der Waals surface area contributed by atoms with Gasteiger partial charge in [0.1, 0.15) is 0 Å². The molecule has 2 aromatic carbocycles. The van der Waals surface area contributed by atoms with Gasteiger partial charge in [-0.1, -0.05) is 19.1 Å². The molecule has 3 nitrogen and oxygen atoms in total. The minimum absolute atomic E-state index is 0.140. The number of benzene rings is 2. The Kier molecular flexibility index (Phi) is 5.47. The Morgan fingerprint density at radius 1 is 1.00 bits per heavy atom. The normalized spacial score (nSPS) is 10.3. The predicted molar refractivity (Wildman–Crippen MR) is 83.9 cm³/mol. The Labute approximate surface area is 128 Å². The highest BCUT2D eigenvalue weighted by atomic mass is 19.2. The standard InChI is InChI=1S/C17H18F2N2O/c1-2-12-3-5-13(6-4-12)21-17(22)9-10-20-14-7-8-15(18)16(19)11-14/h3-8,11,20H,2,9-10H2,1H3,(H,21,22). The maximum Gasteiger partial charge on any atom is 0.226 e. The smallest absolute Gasteiger partial charge is 0.226 e. The van der Waals surface area contributed by atoms with Gasteiger partial charge in [-0.3, -0.25) is 4.79 Å². The number of hydrogen-bond acceptors (Lipinski definition) is 2. The van der Waals surface area contributed by atoms with Gasteiger partial charge in [-0.05, 0) is 42.3 Å². The van der Waals surface area contributed by atoms with Gasteiger partial charge in [0.2, 0.25) is 5.91 Å². The van der Waals surface area contributed by atoms with Gasteiger partial charge in [0.25, 0.3) is 0 Å². The number of nitrogens with one attached hydrogen (secondary N) is 2. The van der Waals surface area contributed by atoms with Crippen LogP contribution in [0.25, 0.3) is 0 Å². The van der Waals surface area contributed by atoms with Gasteiger partial charge in [-0.2, -0.15) is 0 Å². The number of amides is 1. The number of anilines is 2. The van der Waals surface area contributed by atoms with Crippen LogP contribution in [-0.4, -0.2) is 12.5 Å². The van der Waals surface area contributed by atoms with E-state index in [2.05, 4.69) is 17.6 Å². The summed E-state index contributed by atoms with van der Waals surface area (Å²) in [5.41, 5.74) is 2.40. The van der Waals surface area contributed by atoms with Gasteiger partial charge in [-0.25, -0.2) is 8.78 Å². The number of rotatable bonds is 6. The molecular formula is C17H18F2N2O. The molecule has 0 heterocycles. The lowest BCUT2D eigenvalue weighted by Crippen LogP contribution is -2.16. The van der Waals surface area contributed by atoms with Crippen LogP contribution in [0.2, 0.25) is 0 Å². The van der Waals surface area contributed by atoms with Crippen LogP contribution in [0.5, 0.6) is 0 Å². The third-order valence-corrected chi connectivity index (χ3v) is 3.25. The maximum atomic E-state index is 13.0. The fraction of sp³-hybridized carbons (Fsp3) is 0.235. The second-order valence-electron chi connectivity index (χ2n) is 4.90. The highest BCUT2D eigenvalue weighted by molar-refractivity contribution is 5.90. The van der Waals surface area contributed by atoms with E-state index in [-0.39, 0.29) is 12.3 Å². The van der Waals surface area contributed by atoms with E-state index in [1.165, 1.54) is 11.6 Å². The molecule has 5 heteroatoms. The van der Waals surface area contributed by atoms with Gasteiger partial charge in [0.05, 0.1) is 0 Å². The molecule has 0 bridgehead atoms. The minimum atomic E-state index is -0.912. The number of hydrogen-bond donors (Lipinski definition) is 2. The van der Waals surface area contributed by atoms with Gasteiger partial charge in [0.15, 0.2) is 11.6 Å². The molecule has 22 heavy (non-hydrogen) atoms. The molecule has 0 spiro atoms. The number of halogens is 2. The molecule has 0 aliphatic rings. The van der Waals surface area contributed by atoms with Crippen molar-refractivity contribution in [2.75, 3.05) is 17.2 Å². The van der Waals surface area contributed by atoms with E-state index in [4.69, 9.17) is 0 Å². The second kappa shape index (κ2) is 7.54. The molecule has 0 aliphatic carbocycles. The molecule has 2 N–H and O–H groups in total. The largest absolute Gasteiger partial charge is 0.384 e. The summed E-state index contributed by atoms with van der Waals surface area (Å²) in [7, 11) is 0. The molecule has 0 fully saturated rings. The van der Waals surface area contributed by atoms with Crippen molar-refractivity contribution < 1.29 is 13.6 Å². The van der Waals surface area contributed by atoms with Crippen molar-refractivity contribution >= 4 is 17.3 Å². The molecule has 0 saturated heterocycles. The molecule has 0 aliphatic heterocycles. The van der Waals surface area contributed by atoms with E-state index in [0.29, 0.717) is 12.2 Å². The molecule has 2 aromatic rings. The first-order valence-corrected chi connectivity index (χ1v) is 7.16. The lowest BCUT2D eigenvalue weighted by atomic mass is 10.1. The first-order chi connectivity index (χ1) is 10.6. The van der Waals surface area contributed by atoms with Crippen molar-refractivity contribution in [2.45, 2.75) is 19.8 Å². The Morgan fingerprint density at radius 3 is 2.32 bits per heavy atom. The monoisotopic (exact) mass is 304 g/mol. The summed E-state index contributed by atoms with van der Waals surface area (Å²) in [5.74, 6) is -1.94. The minimum Gasteiger partial charge on any atom is -0.384 e. The summed E-state index contributed by atoms with van der Waals surface area (Å²) in [4.78, 5) is 11.8. The van der Waals surface area contributed by atoms with Crippen molar-refractivity contribution in [3.8, 4) is 0 Å². The van der Waals surface area contributed by atoms with Crippen molar-refractivity contribution in [1.29, 1.82) is 0 Å². The molecule has 0 radical (unpaired) electrons. The van der Waals surface area contributed by atoms with E-state index in [1.807, 2.05) is 24.3 Å². The van der Waals surface area contributed by atoms with Gasteiger partial charge in [-0.15, -0.1) is 0 Å². The average molecular weight is 304 g/mol. The van der Waals surface area contributed by atoms with E-state index in [1.54, 1.807) is 0 Å². The zero-order valence-electron chi connectivity index (χ0n) is 12.3. The molecule has 2 rings (SSSR count). The maximum absolute atomic E-state index is 13.0. The lowest BCUT2D eigenvalue weighted by molar-refractivity contribution is -0.115. The van der Waals surface area contributed by atoms with Crippen LogP contribution in [0.4, 0.5) is 20.2 Å². The highest BCUT2D eigenvalue weighted by Crippen LogP contribution is 2.13. The first kappa shape index (κ1) is 15.9. The van der Waals surface area contributed by atoms with Crippen LogP contribution in [0, 0.1) is 11.6 Å². The third kappa shape index (κ3) is 4.55. The molecule has 0 aromatic heterocycles. The molecule has 0 atom stereocenters. The number of aryl methyl sites for hydroxylation is 1. The Hall–Kier alpha value is -2.43. The Balaban J connectivity index is 1.78. The topological polar surface area (TPSA) is 41.1 Å². The molecular weight excluding hydrogens is 286 g/mol. The predicted octanol–water partition coefficient (Wildman–Crippen LogP) is 3.97. The quantitative estimate of drug-likeness (QED) is 0.848. The van der Waals surface area contributed by atoms with Crippen LogP contribution in [0.1, 0.15) is 18.9 Å². The van der Waals surface area contributed by atoms with E-state index >= 15 is 0 Å². The van der Waals surface area contributed by atoms with Crippen LogP contribution in [0.15, 0.2) is 42.5 Å². The fourth-order valence-electron chi connectivity index (χ4n) is 1.97. The van der Waals surface area contributed by atoms with Crippen molar-refractivity contribution in [1.82, 2.24) is 0 Å². The van der Waals surface area contributed by atoms with E-state index < -0.39 is 11.6 Å². The summed E-state index contributed by atoms with van der Waals surface area (Å²) < 4.78 is 25.8. The summed E-state index contributed by atoms with van der Waals surface area (Å²) in [6.07, 6.45) is 1.18. The van der Waals surface area contributed by atoms with Gasteiger partial charge >= 0.3 is 0 Å². The molecule has 0 saturated carbocycles. The fourth-order valence-corrected chi connectivity index (χ4v) is 1.97. The van der Waals surface area contributed by atoms with E-state index in [0.717, 1.165) is 24.2 Å². The zero-order chi connectivity index (χ0) is 15.9. The van der Waals surface area contributed by atoms with Crippen molar-refractivity contribution in [3.05, 3.63) is 59.7 Å². The van der Waals surface area contributed by atoms with Crippen LogP contribution in [-0.2, 0) is 11.2 Å². The molecule has 0 unspecified atom stereocenters. The molecule has 116 valence electrons. The lowest BCUT2D eigenvalue weighted by Gasteiger charge is -2.08. The summed E-state index contributed by atoms with van der Waals surface area (Å²) in [6, 6.07) is 11.2. The highest BCUT2D eigenvalue weighted by Gasteiger charge is 2.04. The average Bonchev–Trinajstić information content (AvgIpc) is 2.51. The SMILES string of the molecule is CCc1ccc(NC(=O)CCNc2ccc(F)c(F)c2)cc1. The third-order valence-electron chi connectivity index (χ3n) is 3.25. The number of carbonyl (C=O) groups excluding carboxylic acids is 1. The van der Waals surface area contributed by atoms with Crippen molar-refractivity contribution in [2.24, 2.45) is 0 Å². The van der Waals surface area contributed by atoms with Gasteiger partial charge < -0.3 is 10.6 Å². The first-order valence-electron chi connectivity index (χ1n) is 7.16. The van der Waals surface area contributed by atoms with Crippen LogP contribution >= 0.6 is 0 Å². The summed E-state index contributed by atoms with van der Waals surface area (Å²) in [6.45, 7) is 2.40. The summed E-state index contributed by atoms with van der Waals surface area (Å²) >= 11 is 0. The van der Waals surface area contributed by atoms with Crippen LogP contribution in [0.3, 0.4) is 0 Å². The summed E-state index contributed by atoms with van der Waals surface area (Å²) in [5, 5.41) is 5.67.